The number of ether oxygens (including phenoxy) is 1. The van der Waals surface area contributed by atoms with Crippen molar-refractivity contribution in [2.24, 2.45) is 0 Å². The molecular formula is C13H20N4O3. The van der Waals surface area contributed by atoms with Crippen LogP contribution in [-0.4, -0.2) is 52.0 Å². The van der Waals surface area contributed by atoms with Crippen molar-refractivity contribution >= 4 is 11.9 Å². The summed E-state index contributed by atoms with van der Waals surface area (Å²) in [6.07, 6.45) is 7.17. The van der Waals surface area contributed by atoms with Crippen molar-refractivity contribution in [3.8, 4) is 0 Å². The second-order valence-electron chi connectivity index (χ2n) is 5.09. The largest absolute Gasteiger partial charge is 0.464 e. The van der Waals surface area contributed by atoms with E-state index in [4.69, 9.17) is 0 Å². The Bertz CT molecular complexity index is 480. The van der Waals surface area contributed by atoms with Crippen LogP contribution in [0.1, 0.15) is 42.6 Å². The predicted molar refractivity (Wildman–Crippen MR) is 71.0 cm³/mol. The Balaban J connectivity index is 1.93. The number of carbonyl (C=O) groups is 2. The van der Waals surface area contributed by atoms with E-state index >= 15 is 0 Å². The molecule has 7 nitrogen and oxygen atoms in total. The Kier molecular flexibility index (Phi) is 4.70. The SMILES string of the molecule is COC(=O)c1cn(CC(=O)N(C)C2CCCCC2)nn1. The lowest BCUT2D eigenvalue weighted by Crippen LogP contribution is -2.40. The first-order valence-corrected chi connectivity index (χ1v) is 6.86. The zero-order valence-corrected chi connectivity index (χ0v) is 11.9. The summed E-state index contributed by atoms with van der Waals surface area (Å²) in [7, 11) is 3.11. The standard InChI is InChI=1S/C13H20N4O3/c1-16(10-6-4-3-5-7-10)12(18)9-17-8-11(14-15-17)13(19)20-2/h8,10H,3-7,9H2,1-2H3. The van der Waals surface area contributed by atoms with Gasteiger partial charge in [0.05, 0.1) is 13.3 Å². The van der Waals surface area contributed by atoms with E-state index < -0.39 is 5.97 Å². The fourth-order valence-electron chi connectivity index (χ4n) is 2.50. The Morgan fingerprint density at radius 1 is 1.40 bits per heavy atom. The number of hydrogen-bond donors (Lipinski definition) is 0. The number of amides is 1. The molecule has 0 unspecified atom stereocenters. The van der Waals surface area contributed by atoms with Crippen molar-refractivity contribution in [2.45, 2.75) is 44.7 Å². The molecule has 1 heterocycles. The minimum absolute atomic E-state index is 0.0155. The van der Waals surface area contributed by atoms with Gasteiger partial charge in [0.25, 0.3) is 0 Å². The van der Waals surface area contributed by atoms with Crippen molar-refractivity contribution in [3.05, 3.63) is 11.9 Å². The van der Waals surface area contributed by atoms with E-state index in [0.717, 1.165) is 12.8 Å². The van der Waals surface area contributed by atoms with Gasteiger partial charge in [-0.25, -0.2) is 9.48 Å². The zero-order valence-electron chi connectivity index (χ0n) is 11.9. The predicted octanol–water partition coefficient (Wildman–Crippen LogP) is 0.856. The smallest absolute Gasteiger partial charge is 0.360 e. The van der Waals surface area contributed by atoms with Gasteiger partial charge in [-0.2, -0.15) is 0 Å². The number of esters is 1. The Morgan fingerprint density at radius 2 is 2.10 bits per heavy atom. The van der Waals surface area contributed by atoms with Crippen LogP contribution in [0.15, 0.2) is 6.20 Å². The minimum atomic E-state index is -0.552. The number of rotatable bonds is 4. The van der Waals surface area contributed by atoms with Gasteiger partial charge in [0.15, 0.2) is 5.69 Å². The highest BCUT2D eigenvalue weighted by Crippen LogP contribution is 2.21. The summed E-state index contributed by atoms with van der Waals surface area (Å²) in [4.78, 5) is 25.2. The van der Waals surface area contributed by atoms with Crippen LogP contribution in [0.5, 0.6) is 0 Å². The molecule has 0 aromatic carbocycles. The highest BCUT2D eigenvalue weighted by Gasteiger charge is 2.22. The molecule has 1 aliphatic rings. The topological polar surface area (TPSA) is 77.3 Å². The highest BCUT2D eigenvalue weighted by molar-refractivity contribution is 5.86. The maximum absolute atomic E-state index is 12.2. The van der Waals surface area contributed by atoms with E-state index in [1.54, 1.807) is 4.90 Å². The fraction of sp³-hybridized carbons (Fsp3) is 0.692. The third-order valence-electron chi connectivity index (χ3n) is 3.75. The average molecular weight is 280 g/mol. The first-order valence-electron chi connectivity index (χ1n) is 6.86. The number of nitrogens with zero attached hydrogens (tertiary/aromatic N) is 4. The van der Waals surface area contributed by atoms with Crippen LogP contribution in [0.3, 0.4) is 0 Å². The van der Waals surface area contributed by atoms with Gasteiger partial charge in [-0.3, -0.25) is 4.79 Å². The number of aromatic nitrogens is 3. The molecule has 20 heavy (non-hydrogen) atoms. The summed E-state index contributed by atoms with van der Waals surface area (Å²) in [5, 5.41) is 7.45. The average Bonchev–Trinajstić information content (AvgIpc) is 2.95. The Labute approximate surface area is 117 Å². The van der Waals surface area contributed by atoms with Crippen LogP contribution in [0, 0.1) is 0 Å². The van der Waals surface area contributed by atoms with Crippen LogP contribution in [0.2, 0.25) is 0 Å². The number of hydrogen-bond acceptors (Lipinski definition) is 5. The van der Waals surface area contributed by atoms with E-state index in [2.05, 4.69) is 15.0 Å². The zero-order chi connectivity index (χ0) is 14.5. The summed E-state index contributed by atoms with van der Waals surface area (Å²) < 4.78 is 5.92. The molecule has 0 aliphatic heterocycles. The van der Waals surface area contributed by atoms with Crippen molar-refractivity contribution in [1.29, 1.82) is 0 Å². The first kappa shape index (κ1) is 14.5. The van der Waals surface area contributed by atoms with Gasteiger partial charge in [-0.15, -0.1) is 5.10 Å². The van der Waals surface area contributed by atoms with Gasteiger partial charge in [0, 0.05) is 13.1 Å². The molecule has 7 heteroatoms. The van der Waals surface area contributed by atoms with Gasteiger partial charge < -0.3 is 9.64 Å². The Morgan fingerprint density at radius 3 is 2.75 bits per heavy atom. The minimum Gasteiger partial charge on any atom is -0.464 e. The third-order valence-corrected chi connectivity index (χ3v) is 3.75. The van der Waals surface area contributed by atoms with Gasteiger partial charge in [0.1, 0.15) is 6.54 Å². The molecule has 110 valence electrons. The molecule has 0 bridgehead atoms. The van der Waals surface area contributed by atoms with Gasteiger partial charge >= 0.3 is 5.97 Å². The van der Waals surface area contributed by atoms with Gasteiger partial charge in [-0.05, 0) is 12.8 Å². The molecule has 0 spiro atoms. The van der Waals surface area contributed by atoms with Crippen LogP contribution >= 0.6 is 0 Å². The second-order valence-corrected chi connectivity index (χ2v) is 5.09. The normalized spacial score (nSPS) is 15.9. The number of methoxy groups -OCH3 is 1. The van der Waals surface area contributed by atoms with E-state index in [0.29, 0.717) is 6.04 Å². The molecule has 1 aromatic heterocycles. The molecule has 1 saturated carbocycles. The fourth-order valence-corrected chi connectivity index (χ4v) is 2.50. The molecule has 0 radical (unpaired) electrons. The van der Waals surface area contributed by atoms with Crippen LogP contribution in [-0.2, 0) is 16.1 Å². The lowest BCUT2D eigenvalue weighted by molar-refractivity contribution is -0.133. The summed E-state index contributed by atoms with van der Waals surface area (Å²) in [5.74, 6) is -0.567. The number of likely N-dealkylation sites (N-methyl/N-ethyl adjacent to an activating group) is 1. The molecule has 2 rings (SSSR count). The lowest BCUT2D eigenvalue weighted by atomic mass is 9.94. The molecule has 1 aliphatic carbocycles. The molecular weight excluding hydrogens is 260 g/mol. The van der Waals surface area contributed by atoms with E-state index in [1.165, 1.54) is 37.3 Å². The van der Waals surface area contributed by atoms with E-state index in [-0.39, 0.29) is 18.1 Å². The second kappa shape index (κ2) is 6.49. The lowest BCUT2D eigenvalue weighted by Gasteiger charge is -2.31. The van der Waals surface area contributed by atoms with Crippen molar-refractivity contribution in [1.82, 2.24) is 19.9 Å². The van der Waals surface area contributed by atoms with Crippen LogP contribution < -0.4 is 0 Å². The molecule has 0 N–H and O–H groups in total. The maximum atomic E-state index is 12.2. The van der Waals surface area contributed by atoms with Gasteiger partial charge in [-0.1, -0.05) is 24.5 Å². The Hall–Kier alpha value is -1.92. The van der Waals surface area contributed by atoms with Gasteiger partial charge in [0.2, 0.25) is 5.91 Å². The monoisotopic (exact) mass is 280 g/mol. The van der Waals surface area contributed by atoms with E-state index in [1.807, 2.05) is 7.05 Å². The molecule has 0 saturated heterocycles. The highest BCUT2D eigenvalue weighted by atomic mass is 16.5. The molecule has 1 aromatic rings. The quantitative estimate of drug-likeness (QED) is 0.764. The molecule has 0 atom stereocenters. The third kappa shape index (κ3) is 3.34. The summed E-state index contributed by atoms with van der Waals surface area (Å²) in [6, 6.07) is 0.319. The maximum Gasteiger partial charge on any atom is 0.360 e. The summed E-state index contributed by atoms with van der Waals surface area (Å²) in [6.45, 7) is 0.0942. The first-order chi connectivity index (χ1) is 9.61. The van der Waals surface area contributed by atoms with Crippen molar-refractivity contribution in [2.75, 3.05) is 14.2 Å². The van der Waals surface area contributed by atoms with E-state index in [9.17, 15) is 9.59 Å². The van der Waals surface area contributed by atoms with Crippen molar-refractivity contribution in [3.63, 3.8) is 0 Å². The summed E-state index contributed by atoms with van der Waals surface area (Å²) >= 11 is 0. The number of carbonyl (C=O) groups excluding carboxylic acids is 2. The summed E-state index contributed by atoms with van der Waals surface area (Å²) in [5.41, 5.74) is 0.112. The molecule has 1 amide bonds. The van der Waals surface area contributed by atoms with Crippen LogP contribution in [0.4, 0.5) is 0 Å². The van der Waals surface area contributed by atoms with Crippen LogP contribution in [0.25, 0.3) is 0 Å². The molecule has 1 fully saturated rings. The van der Waals surface area contributed by atoms with Crippen molar-refractivity contribution < 1.29 is 14.3 Å².